The molecule has 2 aromatic rings. The largest absolute Gasteiger partial charge is 0.490 e. The lowest BCUT2D eigenvalue weighted by atomic mass is 10.2. The predicted octanol–water partition coefficient (Wildman–Crippen LogP) is 5.63. The molecule has 0 unspecified atom stereocenters. The van der Waals surface area contributed by atoms with Gasteiger partial charge in [-0.15, -0.1) is 24.8 Å². The molecule has 0 radical (unpaired) electrons. The van der Waals surface area contributed by atoms with Crippen LogP contribution in [0.25, 0.3) is 0 Å². The second-order valence-electron chi connectivity index (χ2n) is 7.24. The molecule has 5 nitrogen and oxygen atoms in total. The lowest BCUT2D eigenvalue weighted by Crippen LogP contribution is -2.37. The molecule has 0 aliphatic carbocycles. The van der Waals surface area contributed by atoms with E-state index >= 15 is 0 Å². The van der Waals surface area contributed by atoms with Gasteiger partial charge in [0.25, 0.3) is 0 Å². The Morgan fingerprint density at radius 2 is 1.72 bits per heavy atom. The summed E-state index contributed by atoms with van der Waals surface area (Å²) in [6.07, 6.45) is 1.11. The fourth-order valence-electron chi connectivity index (χ4n) is 3.35. The van der Waals surface area contributed by atoms with Crippen LogP contribution in [-0.2, 0) is 17.9 Å². The number of benzene rings is 2. The van der Waals surface area contributed by atoms with Crippen molar-refractivity contribution < 1.29 is 14.2 Å². The fourth-order valence-corrected chi connectivity index (χ4v) is 3.76. The molecule has 1 fully saturated rings. The van der Waals surface area contributed by atoms with E-state index in [-0.39, 0.29) is 24.8 Å². The summed E-state index contributed by atoms with van der Waals surface area (Å²) in [6.45, 7) is 9.44. The van der Waals surface area contributed by atoms with Crippen LogP contribution in [0.5, 0.6) is 11.5 Å². The zero-order chi connectivity index (χ0) is 21.2. The molecule has 1 aliphatic heterocycles. The van der Waals surface area contributed by atoms with Crippen LogP contribution in [0.2, 0.25) is 10.0 Å². The van der Waals surface area contributed by atoms with Crippen molar-refractivity contribution in [2.45, 2.75) is 26.5 Å². The van der Waals surface area contributed by atoms with E-state index in [1.165, 1.54) is 0 Å². The van der Waals surface area contributed by atoms with Gasteiger partial charge in [0.15, 0.2) is 11.5 Å². The summed E-state index contributed by atoms with van der Waals surface area (Å²) in [7, 11) is 0. The van der Waals surface area contributed by atoms with Gasteiger partial charge in [-0.05, 0) is 61.8 Å². The fraction of sp³-hybridized carbons (Fsp3) is 0.478. The number of morpholine rings is 1. The number of nitrogens with zero attached hydrogens (tertiary/aromatic N) is 1. The molecule has 9 heteroatoms. The topological polar surface area (TPSA) is 43.0 Å². The van der Waals surface area contributed by atoms with Crippen LogP contribution in [0.1, 0.15) is 24.5 Å². The Hall–Kier alpha value is -0.920. The summed E-state index contributed by atoms with van der Waals surface area (Å²) in [5.41, 5.74) is 2.09. The van der Waals surface area contributed by atoms with Crippen molar-refractivity contribution in [1.29, 1.82) is 0 Å². The van der Waals surface area contributed by atoms with Crippen LogP contribution in [0, 0.1) is 0 Å². The first-order chi connectivity index (χ1) is 14.7. The highest BCUT2D eigenvalue weighted by molar-refractivity contribution is 6.32. The Kier molecular flexibility index (Phi) is 14.4. The number of hydrogen-bond acceptors (Lipinski definition) is 5. The molecule has 1 heterocycles. The minimum Gasteiger partial charge on any atom is -0.490 e. The van der Waals surface area contributed by atoms with Crippen molar-refractivity contribution in [3.05, 3.63) is 57.6 Å². The molecular formula is C23H32Cl4N2O3. The van der Waals surface area contributed by atoms with Crippen molar-refractivity contribution >= 4 is 48.0 Å². The highest BCUT2D eigenvalue weighted by atomic mass is 35.5. The third-order valence-corrected chi connectivity index (χ3v) is 5.46. The van der Waals surface area contributed by atoms with Crippen LogP contribution in [0.4, 0.5) is 0 Å². The third kappa shape index (κ3) is 9.52. The lowest BCUT2D eigenvalue weighted by Gasteiger charge is -2.26. The Labute approximate surface area is 213 Å². The molecule has 32 heavy (non-hydrogen) atoms. The zero-order valence-electron chi connectivity index (χ0n) is 18.3. The molecule has 0 atom stereocenters. The van der Waals surface area contributed by atoms with Crippen LogP contribution in [-0.4, -0.2) is 50.9 Å². The van der Waals surface area contributed by atoms with Gasteiger partial charge in [0.2, 0.25) is 0 Å². The quantitative estimate of drug-likeness (QED) is 0.385. The van der Waals surface area contributed by atoms with Crippen molar-refractivity contribution in [1.82, 2.24) is 10.2 Å². The van der Waals surface area contributed by atoms with Crippen LogP contribution in [0.15, 0.2) is 36.4 Å². The summed E-state index contributed by atoms with van der Waals surface area (Å²) in [5, 5.41) is 4.75. The molecule has 3 rings (SSSR count). The van der Waals surface area contributed by atoms with E-state index in [2.05, 4.69) is 10.2 Å². The highest BCUT2D eigenvalue weighted by Crippen LogP contribution is 2.37. The van der Waals surface area contributed by atoms with Gasteiger partial charge in [-0.25, -0.2) is 0 Å². The van der Waals surface area contributed by atoms with Crippen molar-refractivity contribution in [3.63, 3.8) is 0 Å². The molecule has 2 aromatic carbocycles. The highest BCUT2D eigenvalue weighted by Gasteiger charge is 2.13. The minimum atomic E-state index is 0. The van der Waals surface area contributed by atoms with E-state index in [9.17, 15) is 0 Å². The Morgan fingerprint density at radius 1 is 1.00 bits per heavy atom. The maximum absolute atomic E-state index is 6.53. The standard InChI is InChI=1S/C23H30Cl2N2O3.2ClH/c1-2-29-22-15-19(16-26-8-3-9-27-10-12-28-13-11-27)14-21(25)23(22)30-17-18-4-6-20(24)7-5-18;;/h4-7,14-15,26H,2-3,8-13,16-17H2,1H3;2*1H. The van der Waals surface area contributed by atoms with Gasteiger partial charge in [-0.2, -0.15) is 0 Å². The number of nitrogens with one attached hydrogen (secondary N) is 1. The average molecular weight is 526 g/mol. The summed E-state index contributed by atoms with van der Waals surface area (Å²) < 4.78 is 17.2. The normalized spacial score (nSPS) is 13.7. The maximum Gasteiger partial charge on any atom is 0.180 e. The molecule has 180 valence electrons. The number of halogens is 4. The summed E-state index contributed by atoms with van der Waals surface area (Å²) >= 11 is 12.5. The van der Waals surface area contributed by atoms with Gasteiger partial charge in [-0.3, -0.25) is 4.90 Å². The maximum atomic E-state index is 6.53. The van der Waals surface area contributed by atoms with Crippen molar-refractivity contribution in [2.75, 3.05) is 46.0 Å². The smallest absolute Gasteiger partial charge is 0.180 e. The van der Waals surface area contributed by atoms with Crippen molar-refractivity contribution in [2.24, 2.45) is 0 Å². The molecule has 0 bridgehead atoms. The Morgan fingerprint density at radius 3 is 2.41 bits per heavy atom. The summed E-state index contributed by atoms with van der Waals surface area (Å²) in [5.74, 6) is 1.24. The van der Waals surface area contributed by atoms with Crippen molar-refractivity contribution in [3.8, 4) is 11.5 Å². The number of rotatable bonds is 11. The number of ether oxygens (including phenoxy) is 3. The molecule has 1 aliphatic rings. The van der Waals surface area contributed by atoms with Gasteiger partial charge in [0.1, 0.15) is 6.61 Å². The third-order valence-electron chi connectivity index (χ3n) is 4.93. The van der Waals surface area contributed by atoms with E-state index in [0.29, 0.717) is 34.8 Å². The molecule has 1 N–H and O–H groups in total. The monoisotopic (exact) mass is 524 g/mol. The molecule has 0 amide bonds. The molecular weight excluding hydrogens is 494 g/mol. The van der Waals surface area contributed by atoms with Gasteiger partial charge in [0.05, 0.1) is 24.8 Å². The van der Waals surface area contributed by atoms with Crippen LogP contribution < -0.4 is 14.8 Å². The van der Waals surface area contributed by atoms with Gasteiger partial charge in [-0.1, -0.05) is 35.3 Å². The molecule has 1 saturated heterocycles. The Bertz CT molecular complexity index is 788. The molecule has 0 saturated carbocycles. The van der Waals surface area contributed by atoms with Gasteiger partial charge >= 0.3 is 0 Å². The van der Waals surface area contributed by atoms with E-state index in [1.54, 1.807) is 0 Å². The van der Waals surface area contributed by atoms with E-state index in [0.717, 1.165) is 63.5 Å². The summed E-state index contributed by atoms with van der Waals surface area (Å²) in [6, 6.07) is 11.5. The zero-order valence-corrected chi connectivity index (χ0v) is 21.4. The second-order valence-corrected chi connectivity index (χ2v) is 8.08. The first-order valence-corrected chi connectivity index (χ1v) is 11.2. The number of hydrogen-bond donors (Lipinski definition) is 1. The van der Waals surface area contributed by atoms with Gasteiger partial charge < -0.3 is 19.5 Å². The van der Waals surface area contributed by atoms with E-state index < -0.39 is 0 Å². The SMILES string of the molecule is CCOc1cc(CNCCCN2CCOCC2)cc(Cl)c1OCc1ccc(Cl)cc1.Cl.Cl. The first-order valence-electron chi connectivity index (χ1n) is 10.5. The summed E-state index contributed by atoms with van der Waals surface area (Å²) in [4.78, 5) is 2.45. The minimum absolute atomic E-state index is 0. The van der Waals surface area contributed by atoms with E-state index in [1.807, 2.05) is 43.3 Å². The second kappa shape index (κ2) is 15.8. The Balaban J connectivity index is 0.00000256. The van der Waals surface area contributed by atoms with E-state index in [4.69, 9.17) is 37.4 Å². The van der Waals surface area contributed by atoms with Gasteiger partial charge in [0, 0.05) is 24.7 Å². The first kappa shape index (κ1) is 29.1. The average Bonchev–Trinajstić information content (AvgIpc) is 2.75. The predicted molar refractivity (Wildman–Crippen MR) is 136 cm³/mol. The van der Waals surface area contributed by atoms with Crippen LogP contribution in [0.3, 0.4) is 0 Å². The molecule has 0 spiro atoms. The van der Waals surface area contributed by atoms with Crippen LogP contribution >= 0.6 is 48.0 Å². The lowest BCUT2D eigenvalue weighted by molar-refractivity contribution is 0.0374. The molecule has 0 aromatic heterocycles.